The van der Waals surface area contributed by atoms with Gasteiger partial charge in [0.05, 0.1) is 0 Å². The third kappa shape index (κ3) is 3.98. The second kappa shape index (κ2) is 7.42. The average Bonchev–Trinajstić information content (AvgIpc) is 3.16. The maximum atomic E-state index is 12.7. The molecule has 1 atom stereocenters. The van der Waals surface area contributed by atoms with E-state index < -0.39 is 36.0 Å². The third-order valence-corrected chi connectivity index (χ3v) is 4.83. The molecule has 0 radical (unpaired) electrons. The Morgan fingerprint density at radius 1 is 1.10 bits per heavy atom. The van der Waals surface area contributed by atoms with Gasteiger partial charge in [0, 0.05) is 5.69 Å². The molecule has 0 saturated carbocycles. The van der Waals surface area contributed by atoms with Crippen LogP contribution in [0.1, 0.15) is 29.6 Å². The van der Waals surface area contributed by atoms with Crippen LogP contribution in [0.4, 0.5) is 15.3 Å². The van der Waals surface area contributed by atoms with Gasteiger partial charge in [0.25, 0.3) is 5.91 Å². The molecule has 0 unspecified atom stereocenters. The van der Waals surface area contributed by atoms with Crippen molar-refractivity contribution in [3.8, 4) is 0 Å². The number of hydrogen-bond donors (Lipinski definition) is 3. The first-order chi connectivity index (χ1) is 13.6. The number of furan rings is 1. The lowest BCUT2D eigenvalue weighted by molar-refractivity contribution is -0.135. The molecule has 152 valence electrons. The minimum atomic E-state index is -1.41. The lowest BCUT2D eigenvalue weighted by Gasteiger charge is -2.19. The van der Waals surface area contributed by atoms with E-state index in [0.29, 0.717) is 11.4 Å². The first-order valence-corrected chi connectivity index (χ1v) is 8.99. The van der Waals surface area contributed by atoms with E-state index >= 15 is 0 Å². The van der Waals surface area contributed by atoms with Gasteiger partial charge in [0.2, 0.25) is 5.91 Å². The summed E-state index contributed by atoms with van der Waals surface area (Å²) in [5.74, 6) is -0.581. The quantitative estimate of drug-likeness (QED) is 0.683. The van der Waals surface area contributed by atoms with Gasteiger partial charge >= 0.3 is 12.1 Å². The van der Waals surface area contributed by atoms with Crippen LogP contribution in [-0.4, -0.2) is 35.3 Å². The summed E-state index contributed by atoms with van der Waals surface area (Å²) >= 11 is 0. The van der Waals surface area contributed by atoms with Crippen molar-refractivity contribution >= 4 is 29.6 Å². The van der Waals surface area contributed by atoms with E-state index in [4.69, 9.17) is 4.42 Å². The number of nitrogens with one attached hydrogen (secondary N) is 3. The van der Waals surface area contributed by atoms with Crippen LogP contribution in [0.15, 0.2) is 34.7 Å². The highest BCUT2D eigenvalue weighted by Gasteiger charge is 2.51. The molecule has 3 N–H and O–H groups in total. The molecule has 1 saturated heterocycles. The van der Waals surface area contributed by atoms with Crippen LogP contribution in [0, 0.1) is 20.8 Å². The number of benzene rings is 1. The molecule has 3 rings (SSSR count). The Balaban J connectivity index is 1.62. The van der Waals surface area contributed by atoms with Crippen molar-refractivity contribution in [1.82, 2.24) is 15.5 Å². The number of imide groups is 2. The number of anilines is 1. The van der Waals surface area contributed by atoms with Crippen molar-refractivity contribution in [1.29, 1.82) is 0 Å². The summed E-state index contributed by atoms with van der Waals surface area (Å²) in [5, 5.41) is 7.19. The summed E-state index contributed by atoms with van der Waals surface area (Å²) < 4.78 is 5.46. The van der Waals surface area contributed by atoms with Crippen molar-refractivity contribution in [3.05, 3.63) is 53.0 Å². The van der Waals surface area contributed by atoms with E-state index in [2.05, 4.69) is 16.0 Å². The number of amides is 6. The van der Waals surface area contributed by atoms with E-state index in [1.54, 1.807) is 31.2 Å². The Labute approximate surface area is 167 Å². The van der Waals surface area contributed by atoms with E-state index in [-0.39, 0.29) is 5.76 Å². The molecule has 6 amide bonds. The summed E-state index contributed by atoms with van der Waals surface area (Å²) in [4.78, 5) is 50.0. The first kappa shape index (κ1) is 20.1. The van der Waals surface area contributed by atoms with Crippen molar-refractivity contribution in [2.75, 3.05) is 11.9 Å². The highest BCUT2D eigenvalue weighted by molar-refractivity contribution is 6.10. The molecule has 29 heavy (non-hydrogen) atoms. The number of aryl methyl sites for hydroxylation is 3. The molecule has 1 aliphatic heterocycles. The molecule has 1 aliphatic rings. The fourth-order valence-electron chi connectivity index (χ4n) is 3.00. The maximum Gasteiger partial charge on any atom is 0.325 e. The molecular weight excluding hydrogens is 376 g/mol. The first-order valence-electron chi connectivity index (χ1n) is 8.99. The zero-order valence-corrected chi connectivity index (χ0v) is 16.6. The second-order valence-corrected chi connectivity index (χ2v) is 7.16. The molecule has 0 aliphatic carbocycles. The number of hydrogen-bond acceptors (Lipinski definition) is 5. The Hall–Kier alpha value is -3.62. The smallest absolute Gasteiger partial charge is 0.325 e. The number of nitrogens with zero attached hydrogens (tertiary/aromatic N) is 1. The highest BCUT2D eigenvalue weighted by atomic mass is 16.3. The predicted octanol–water partition coefficient (Wildman–Crippen LogP) is 2.32. The number of rotatable bonds is 4. The van der Waals surface area contributed by atoms with Crippen molar-refractivity contribution < 1.29 is 23.6 Å². The van der Waals surface area contributed by atoms with Crippen LogP contribution in [0.25, 0.3) is 0 Å². The van der Waals surface area contributed by atoms with E-state index in [1.807, 2.05) is 19.9 Å². The van der Waals surface area contributed by atoms with Crippen LogP contribution >= 0.6 is 0 Å². The Morgan fingerprint density at radius 2 is 1.83 bits per heavy atom. The minimum Gasteiger partial charge on any atom is -0.463 e. The second-order valence-electron chi connectivity index (χ2n) is 7.16. The van der Waals surface area contributed by atoms with Crippen LogP contribution in [-0.2, 0) is 15.1 Å². The van der Waals surface area contributed by atoms with Crippen LogP contribution in [0.3, 0.4) is 0 Å². The Kier molecular flexibility index (Phi) is 5.15. The summed E-state index contributed by atoms with van der Waals surface area (Å²) in [6.45, 7) is 6.46. The van der Waals surface area contributed by atoms with Gasteiger partial charge < -0.3 is 15.1 Å². The predicted molar refractivity (Wildman–Crippen MR) is 104 cm³/mol. The number of carbonyl (C=O) groups is 4. The van der Waals surface area contributed by atoms with Gasteiger partial charge in [-0.2, -0.15) is 0 Å². The van der Waals surface area contributed by atoms with Gasteiger partial charge in [-0.05, 0) is 63.1 Å². The van der Waals surface area contributed by atoms with E-state index in [0.717, 1.165) is 16.0 Å². The normalized spacial score (nSPS) is 18.6. The molecule has 2 aromatic rings. The van der Waals surface area contributed by atoms with E-state index in [1.165, 1.54) is 6.92 Å². The SMILES string of the molecule is Cc1ccc([C@]2(C)NC(=O)N(CC(=O)NC(=O)Nc3ccc(C)c(C)c3)C2=O)o1. The molecule has 0 bridgehead atoms. The molecule has 9 nitrogen and oxygen atoms in total. The minimum absolute atomic E-state index is 0.267. The lowest BCUT2D eigenvalue weighted by Crippen LogP contribution is -2.45. The van der Waals surface area contributed by atoms with Gasteiger partial charge in [-0.15, -0.1) is 0 Å². The monoisotopic (exact) mass is 398 g/mol. The zero-order valence-electron chi connectivity index (χ0n) is 16.6. The maximum absolute atomic E-state index is 12.7. The van der Waals surface area contributed by atoms with Gasteiger partial charge in [-0.25, -0.2) is 9.59 Å². The zero-order chi connectivity index (χ0) is 21.3. The molecule has 1 aromatic carbocycles. The largest absolute Gasteiger partial charge is 0.463 e. The summed E-state index contributed by atoms with van der Waals surface area (Å²) in [6, 6.07) is 7.09. The lowest BCUT2D eigenvalue weighted by atomic mass is 9.99. The molecule has 2 heterocycles. The highest BCUT2D eigenvalue weighted by Crippen LogP contribution is 2.29. The summed E-state index contributed by atoms with van der Waals surface area (Å²) in [7, 11) is 0. The Bertz CT molecular complexity index is 1010. The van der Waals surface area contributed by atoms with Gasteiger partial charge in [0.1, 0.15) is 18.1 Å². The average molecular weight is 398 g/mol. The van der Waals surface area contributed by atoms with E-state index in [9.17, 15) is 19.2 Å². The standard InChI is InChI=1S/C20H22N4O5/c1-11-5-7-14(9-12(11)2)21-18(27)22-16(25)10-24-17(26)20(4,23-19(24)28)15-8-6-13(3)29-15/h5-9H,10H2,1-4H3,(H,23,28)(H2,21,22,25,27)/t20-/m0/s1. The molecule has 9 heteroatoms. The van der Waals surface area contributed by atoms with Crippen molar-refractivity contribution in [2.45, 2.75) is 33.2 Å². The molecular formula is C20H22N4O5. The molecule has 1 fully saturated rings. The fourth-order valence-corrected chi connectivity index (χ4v) is 3.00. The molecule has 1 aromatic heterocycles. The van der Waals surface area contributed by atoms with Crippen LogP contribution in [0.5, 0.6) is 0 Å². The van der Waals surface area contributed by atoms with Gasteiger partial charge in [-0.1, -0.05) is 6.07 Å². The van der Waals surface area contributed by atoms with Crippen LogP contribution in [0.2, 0.25) is 0 Å². The fraction of sp³-hybridized carbons (Fsp3) is 0.300. The number of urea groups is 2. The topological polar surface area (TPSA) is 121 Å². The van der Waals surface area contributed by atoms with Gasteiger partial charge in [0.15, 0.2) is 5.54 Å². The third-order valence-electron chi connectivity index (χ3n) is 4.83. The van der Waals surface area contributed by atoms with Crippen molar-refractivity contribution in [2.24, 2.45) is 0 Å². The van der Waals surface area contributed by atoms with Crippen LogP contribution < -0.4 is 16.0 Å². The van der Waals surface area contributed by atoms with Crippen molar-refractivity contribution in [3.63, 3.8) is 0 Å². The molecule has 0 spiro atoms. The number of carbonyl (C=O) groups excluding carboxylic acids is 4. The summed E-state index contributed by atoms with van der Waals surface area (Å²) in [5.41, 5.74) is 1.17. The summed E-state index contributed by atoms with van der Waals surface area (Å²) in [6.07, 6.45) is 0. The van der Waals surface area contributed by atoms with Gasteiger partial charge in [-0.3, -0.25) is 19.8 Å². The Morgan fingerprint density at radius 3 is 2.45 bits per heavy atom.